The zero-order valence-corrected chi connectivity index (χ0v) is 9.35. The van der Waals surface area contributed by atoms with Crippen molar-refractivity contribution in [2.45, 2.75) is 53.9 Å². The van der Waals surface area contributed by atoms with Gasteiger partial charge in [-0.1, -0.05) is 47.5 Å². The predicted molar refractivity (Wildman–Crippen MR) is 55.1 cm³/mol. The van der Waals surface area contributed by atoms with Gasteiger partial charge in [0.1, 0.15) is 0 Å². The van der Waals surface area contributed by atoms with E-state index in [0.717, 1.165) is 17.8 Å². The van der Waals surface area contributed by atoms with Gasteiger partial charge in [-0.25, -0.2) is 0 Å². The lowest BCUT2D eigenvalue weighted by Gasteiger charge is -2.46. The van der Waals surface area contributed by atoms with E-state index in [4.69, 9.17) is 0 Å². The molecular formula is C12H24. The summed E-state index contributed by atoms with van der Waals surface area (Å²) in [6, 6.07) is 0. The van der Waals surface area contributed by atoms with Crippen LogP contribution in [0.25, 0.3) is 0 Å². The van der Waals surface area contributed by atoms with E-state index in [1.54, 1.807) is 0 Å². The molecule has 0 N–H and O–H groups in total. The second kappa shape index (κ2) is 3.40. The molecule has 0 heteroatoms. The van der Waals surface area contributed by atoms with Crippen LogP contribution >= 0.6 is 0 Å². The first-order valence-corrected chi connectivity index (χ1v) is 5.46. The average molecular weight is 168 g/mol. The van der Waals surface area contributed by atoms with Crippen LogP contribution in [0.15, 0.2) is 0 Å². The van der Waals surface area contributed by atoms with E-state index in [-0.39, 0.29) is 0 Å². The van der Waals surface area contributed by atoms with Gasteiger partial charge in [-0.3, -0.25) is 0 Å². The highest BCUT2D eigenvalue weighted by atomic mass is 14.4. The molecule has 0 aliphatic heterocycles. The fourth-order valence-corrected chi connectivity index (χ4v) is 2.95. The Kier molecular flexibility index (Phi) is 2.85. The summed E-state index contributed by atoms with van der Waals surface area (Å²) in [6.07, 6.45) is 4.35. The molecule has 0 spiro atoms. The van der Waals surface area contributed by atoms with Crippen LogP contribution in [0.3, 0.4) is 0 Å². The molecule has 1 aliphatic carbocycles. The zero-order valence-electron chi connectivity index (χ0n) is 9.35. The molecule has 12 heavy (non-hydrogen) atoms. The summed E-state index contributed by atoms with van der Waals surface area (Å²) in [5.41, 5.74) is 0.576. The number of hydrogen-bond acceptors (Lipinski definition) is 0. The SMILES string of the molecule is CC(C)C1CCCC(C)C1(C)C. The fourth-order valence-electron chi connectivity index (χ4n) is 2.95. The highest BCUT2D eigenvalue weighted by Gasteiger charge is 2.38. The van der Waals surface area contributed by atoms with Gasteiger partial charge in [0, 0.05) is 0 Å². The van der Waals surface area contributed by atoms with Crippen LogP contribution in [0.5, 0.6) is 0 Å². The normalized spacial score (nSPS) is 35.5. The van der Waals surface area contributed by atoms with E-state index >= 15 is 0 Å². The lowest BCUT2D eigenvalue weighted by molar-refractivity contribution is 0.0395. The Bertz CT molecular complexity index is 144. The van der Waals surface area contributed by atoms with Crippen molar-refractivity contribution in [1.82, 2.24) is 0 Å². The first-order chi connectivity index (χ1) is 5.46. The van der Waals surface area contributed by atoms with Crippen LogP contribution in [0.2, 0.25) is 0 Å². The van der Waals surface area contributed by atoms with Crippen molar-refractivity contribution in [2.24, 2.45) is 23.2 Å². The van der Waals surface area contributed by atoms with Crippen molar-refractivity contribution in [3.05, 3.63) is 0 Å². The Balaban J connectivity index is 2.72. The minimum absolute atomic E-state index is 0.576. The molecule has 0 bridgehead atoms. The molecule has 72 valence electrons. The monoisotopic (exact) mass is 168 g/mol. The largest absolute Gasteiger partial charge is 0.0625 e. The van der Waals surface area contributed by atoms with Crippen molar-refractivity contribution in [2.75, 3.05) is 0 Å². The molecular weight excluding hydrogens is 144 g/mol. The van der Waals surface area contributed by atoms with Gasteiger partial charge in [0.15, 0.2) is 0 Å². The smallest absolute Gasteiger partial charge is 0.0298 e. The summed E-state index contributed by atoms with van der Waals surface area (Å²) in [4.78, 5) is 0. The molecule has 0 aromatic heterocycles. The standard InChI is InChI=1S/C12H24/c1-9(2)11-8-6-7-10(3)12(11,4)5/h9-11H,6-8H2,1-5H3. The third-order valence-corrected chi connectivity index (χ3v) is 4.18. The molecule has 0 saturated heterocycles. The molecule has 2 unspecified atom stereocenters. The summed E-state index contributed by atoms with van der Waals surface area (Å²) < 4.78 is 0. The summed E-state index contributed by atoms with van der Waals surface area (Å²) in [6.45, 7) is 12.1. The molecule has 2 atom stereocenters. The molecule has 1 fully saturated rings. The van der Waals surface area contributed by atoms with E-state index in [2.05, 4.69) is 34.6 Å². The Hall–Kier alpha value is 0. The summed E-state index contributed by atoms with van der Waals surface area (Å²) in [5.74, 6) is 2.72. The molecule has 0 heterocycles. The first kappa shape index (κ1) is 10.1. The van der Waals surface area contributed by atoms with Gasteiger partial charge in [-0.2, -0.15) is 0 Å². The molecule has 0 nitrogen and oxygen atoms in total. The van der Waals surface area contributed by atoms with Gasteiger partial charge >= 0.3 is 0 Å². The van der Waals surface area contributed by atoms with E-state index in [1.165, 1.54) is 19.3 Å². The average Bonchev–Trinajstić information content (AvgIpc) is 1.94. The second-order valence-corrected chi connectivity index (χ2v) is 5.50. The third kappa shape index (κ3) is 1.67. The minimum atomic E-state index is 0.576. The van der Waals surface area contributed by atoms with Crippen molar-refractivity contribution in [3.8, 4) is 0 Å². The van der Waals surface area contributed by atoms with Gasteiger partial charge in [-0.05, 0) is 29.6 Å². The maximum Gasteiger partial charge on any atom is -0.0298 e. The maximum absolute atomic E-state index is 2.46. The van der Waals surface area contributed by atoms with Gasteiger partial charge in [0.25, 0.3) is 0 Å². The van der Waals surface area contributed by atoms with E-state index < -0.39 is 0 Å². The van der Waals surface area contributed by atoms with Crippen molar-refractivity contribution in [3.63, 3.8) is 0 Å². The van der Waals surface area contributed by atoms with Crippen LogP contribution in [0.4, 0.5) is 0 Å². The van der Waals surface area contributed by atoms with E-state index in [9.17, 15) is 0 Å². The van der Waals surface area contributed by atoms with Crippen LogP contribution in [-0.2, 0) is 0 Å². The Morgan fingerprint density at radius 3 is 2.17 bits per heavy atom. The fraction of sp³-hybridized carbons (Fsp3) is 1.00. The summed E-state index contributed by atoms with van der Waals surface area (Å²) in [7, 11) is 0. The number of rotatable bonds is 1. The Labute approximate surface area is 77.7 Å². The Morgan fingerprint density at radius 2 is 1.75 bits per heavy atom. The van der Waals surface area contributed by atoms with Crippen LogP contribution in [0.1, 0.15) is 53.9 Å². The zero-order chi connectivity index (χ0) is 9.35. The molecule has 1 aliphatic rings. The van der Waals surface area contributed by atoms with Crippen LogP contribution in [0, 0.1) is 23.2 Å². The van der Waals surface area contributed by atoms with E-state index in [1.807, 2.05) is 0 Å². The van der Waals surface area contributed by atoms with Crippen molar-refractivity contribution in [1.29, 1.82) is 0 Å². The van der Waals surface area contributed by atoms with Crippen LogP contribution in [-0.4, -0.2) is 0 Å². The topological polar surface area (TPSA) is 0 Å². The molecule has 1 rings (SSSR count). The molecule has 0 amide bonds. The highest BCUT2D eigenvalue weighted by molar-refractivity contribution is 4.88. The third-order valence-electron chi connectivity index (χ3n) is 4.18. The highest BCUT2D eigenvalue weighted by Crippen LogP contribution is 2.47. The van der Waals surface area contributed by atoms with E-state index in [0.29, 0.717) is 5.41 Å². The molecule has 0 aromatic carbocycles. The minimum Gasteiger partial charge on any atom is -0.0625 e. The first-order valence-electron chi connectivity index (χ1n) is 5.46. The number of hydrogen-bond donors (Lipinski definition) is 0. The van der Waals surface area contributed by atoms with Gasteiger partial charge < -0.3 is 0 Å². The lowest BCUT2D eigenvalue weighted by atomic mass is 9.60. The molecule has 0 aromatic rings. The summed E-state index contributed by atoms with van der Waals surface area (Å²) in [5, 5.41) is 0. The maximum atomic E-state index is 2.46. The Morgan fingerprint density at radius 1 is 1.17 bits per heavy atom. The van der Waals surface area contributed by atoms with Gasteiger partial charge in [0.05, 0.1) is 0 Å². The van der Waals surface area contributed by atoms with Crippen molar-refractivity contribution >= 4 is 0 Å². The van der Waals surface area contributed by atoms with Gasteiger partial charge in [-0.15, -0.1) is 0 Å². The quantitative estimate of drug-likeness (QED) is 0.553. The predicted octanol–water partition coefficient (Wildman–Crippen LogP) is 4.10. The summed E-state index contributed by atoms with van der Waals surface area (Å²) >= 11 is 0. The van der Waals surface area contributed by atoms with Crippen molar-refractivity contribution < 1.29 is 0 Å². The lowest BCUT2D eigenvalue weighted by Crippen LogP contribution is -2.37. The molecule has 1 saturated carbocycles. The van der Waals surface area contributed by atoms with Crippen LogP contribution < -0.4 is 0 Å². The second-order valence-electron chi connectivity index (χ2n) is 5.50. The molecule has 0 radical (unpaired) electrons. The van der Waals surface area contributed by atoms with Gasteiger partial charge in [0.2, 0.25) is 0 Å².